The van der Waals surface area contributed by atoms with Crippen LogP contribution in [0.2, 0.25) is 0 Å². The van der Waals surface area contributed by atoms with Crippen molar-refractivity contribution in [3.63, 3.8) is 0 Å². The van der Waals surface area contributed by atoms with Crippen molar-refractivity contribution in [2.75, 3.05) is 33.3 Å². The number of rotatable bonds is 19. The van der Waals surface area contributed by atoms with Crippen molar-refractivity contribution in [1.29, 1.82) is 0 Å². The molecule has 11 N–H and O–H groups in total. The number of unbranched alkanes of at least 4 members (excludes halogenated alkanes) is 1. The van der Waals surface area contributed by atoms with Crippen molar-refractivity contribution in [3.05, 3.63) is 174 Å². The van der Waals surface area contributed by atoms with E-state index in [1.165, 1.54) is 7.05 Å². The van der Waals surface area contributed by atoms with E-state index in [1.54, 1.807) is 91.1 Å². The summed E-state index contributed by atoms with van der Waals surface area (Å²) in [6.45, 7) is 0.1000. The predicted octanol–water partition coefficient (Wildman–Crippen LogP) is 3.10. The molecule has 2 heterocycles. The second kappa shape index (κ2) is 28.4. The molecule has 0 radical (unpaired) electrons. The number of amides is 7. The quantitative estimate of drug-likeness (QED) is 0.0532. The zero-order chi connectivity index (χ0) is 54.5. The fourth-order valence-corrected chi connectivity index (χ4v) is 9.01. The smallest absolute Gasteiger partial charge is 0.407 e. The summed E-state index contributed by atoms with van der Waals surface area (Å²) in [5.41, 5.74) is 15.9. The number of benzene rings is 5. The van der Waals surface area contributed by atoms with Crippen molar-refractivity contribution in [3.8, 4) is 5.75 Å². The number of aromatic amines is 1. The molecule has 19 heteroatoms. The van der Waals surface area contributed by atoms with Crippen LogP contribution >= 0.6 is 0 Å². The molecule has 6 aromatic rings. The van der Waals surface area contributed by atoms with Crippen LogP contribution in [0.5, 0.6) is 5.75 Å². The van der Waals surface area contributed by atoms with Crippen molar-refractivity contribution in [2.45, 2.75) is 87.8 Å². The van der Waals surface area contributed by atoms with Crippen molar-refractivity contribution in [1.82, 2.24) is 41.8 Å². The van der Waals surface area contributed by atoms with Gasteiger partial charge in [0.15, 0.2) is 0 Å². The highest BCUT2D eigenvalue weighted by Gasteiger charge is 2.38. The number of aromatic nitrogens is 1. The van der Waals surface area contributed by atoms with Gasteiger partial charge in [0.05, 0.1) is 0 Å². The third kappa shape index (κ3) is 16.5. The molecule has 1 aliphatic rings. The van der Waals surface area contributed by atoms with Gasteiger partial charge in [0.25, 0.3) is 0 Å². The van der Waals surface area contributed by atoms with Crippen LogP contribution in [-0.4, -0.2) is 121 Å². The number of ether oxygens (including phenoxy) is 2. The second-order valence-electron chi connectivity index (χ2n) is 18.9. The Hall–Kier alpha value is -8.55. The number of hydrogen-bond donors (Lipinski definition) is 9. The van der Waals surface area contributed by atoms with E-state index in [2.05, 4.69) is 36.9 Å². The lowest BCUT2D eigenvalue weighted by atomic mass is 9.99. The lowest BCUT2D eigenvalue weighted by molar-refractivity contribution is -0.144. The van der Waals surface area contributed by atoms with Crippen LogP contribution in [0.1, 0.15) is 47.1 Å². The molecule has 7 rings (SSSR count). The van der Waals surface area contributed by atoms with Crippen LogP contribution in [0, 0.1) is 0 Å². The standard InChI is InChI=1S/C58H68N10O9/c1-68-51(37-77-58(75)61-30-29-60)56(73)66-48(31-38-15-5-2-6-16-38)53(70)65-49(34-42-35-62-45-22-12-11-21-44(42)45)55(72)63-46(23-13-14-28-59)52(69)64-47(54(71)67-50(57(68)74)33-39-17-7-3-8-18-39)32-40-24-26-43(27-25-40)76-36-41-19-9-4-10-20-41/h2-12,15-22,24-27,35,46-51,62H,13-14,23,28-34,36-37,59-60H2,1H3,(H,61,75)(H,63,72)(H,64,69)(H,65,70)(H,66,73)(H,67,71)/t46-,47-,48-,49+,50-,51-/m0/s1. The molecule has 0 aliphatic carbocycles. The molecule has 6 atom stereocenters. The number of para-hydroxylation sites is 1. The predicted molar refractivity (Wildman–Crippen MR) is 291 cm³/mol. The van der Waals surface area contributed by atoms with E-state index >= 15 is 4.79 Å². The molecule has 1 aliphatic heterocycles. The van der Waals surface area contributed by atoms with Crippen LogP contribution in [0.25, 0.3) is 10.9 Å². The minimum Gasteiger partial charge on any atom is -0.489 e. The second-order valence-corrected chi connectivity index (χ2v) is 18.9. The Kier molecular flexibility index (Phi) is 20.7. The minimum atomic E-state index is -1.58. The largest absolute Gasteiger partial charge is 0.489 e. The number of nitrogens with one attached hydrogen (secondary N) is 7. The molecule has 5 aromatic carbocycles. The first kappa shape index (κ1) is 56.2. The van der Waals surface area contributed by atoms with Gasteiger partial charge in [-0.1, -0.05) is 121 Å². The van der Waals surface area contributed by atoms with Gasteiger partial charge < -0.3 is 62.7 Å². The molecular weight excluding hydrogens is 981 g/mol. The third-order valence-electron chi connectivity index (χ3n) is 13.3. The van der Waals surface area contributed by atoms with E-state index in [0.29, 0.717) is 54.0 Å². The van der Waals surface area contributed by atoms with Crippen LogP contribution in [-0.2, 0) is 65.8 Å². The molecule has 1 aromatic heterocycles. The topological polar surface area (TPSA) is 281 Å². The van der Waals surface area contributed by atoms with Crippen molar-refractivity contribution >= 4 is 52.4 Å². The molecule has 1 saturated heterocycles. The number of alkyl carbamates (subject to hydrolysis) is 1. The Labute approximate surface area is 447 Å². The zero-order valence-electron chi connectivity index (χ0n) is 43.1. The van der Waals surface area contributed by atoms with Crippen LogP contribution in [0.4, 0.5) is 4.79 Å². The number of hydrogen-bond acceptors (Lipinski definition) is 11. The average Bonchev–Trinajstić information content (AvgIpc) is 3.86. The molecule has 0 unspecified atom stereocenters. The normalized spacial score (nSPS) is 19.9. The highest BCUT2D eigenvalue weighted by Crippen LogP contribution is 2.21. The number of carbonyl (C=O) groups excluding carboxylic acids is 7. The van der Waals surface area contributed by atoms with Crippen LogP contribution in [0.3, 0.4) is 0 Å². The maximum Gasteiger partial charge on any atom is 0.407 e. The molecule has 7 amide bonds. The first-order chi connectivity index (χ1) is 37.4. The maximum absolute atomic E-state index is 15.1. The number of nitrogens with two attached hydrogens (primary N) is 2. The summed E-state index contributed by atoms with van der Waals surface area (Å²) in [7, 11) is 1.33. The lowest BCUT2D eigenvalue weighted by Gasteiger charge is -2.33. The fraction of sp³-hybridized carbons (Fsp3) is 0.328. The van der Waals surface area contributed by atoms with Gasteiger partial charge in [-0.05, 0) is 71.8 Å². The summed E-state index contributed by atoms with van der Waals surface area (Å²) in [5, 5.41) is 17.6. The number of H-pyrrole nitrogens is 1. The SMILES string of the molecule is CN1C(=O)[C@H](Cc2ccccc2)NC(=O)[C@H](Cc2ccc(OCc3ccccc3)cc2)NC(=O)[C@H](CCCCN)NC(=O)[C@@H](Cc2c[nH]c3ccccc23)NC(=O)[C@H](Cc2ccccc2)NC(=O)[C@@H]1COC(=O)NCCN. The van der Waals surface area contributed by atoms with Gasteiger partial charge >= 0.3 is 6.09 Å². The summed E-state index contributed by atoms with van der Waals surface area (Å²) in [5.74, 6) is -3.98. The summed E-state index contributed by atoms with van der Waals surface area (Å²) < 4.78 is 11.5. The van der Waals surface area contributed by atoms with E-state index in [-0.39, 0.29) is 45.2 Å². The Morgan fingerprint density at radius 2 is 1.04 bits per heavy atom. The number of nitrogens with zero attached hydrogens (tertiary/aromatic N) is 1. The third-order valence-corrected chi connectivity index (χ3v) is 13.3. The Morgan fingerprint density at radius 3 is 1.64 bits per heavy atom. The minimum absolute atomic E-state index is 0.0464. The van der Waals surface area contributed by atoms with Gasteiger partial charge in [-0.15, -0.1) is 0 Å². The number of carbonyl (C=O) groups is 7. The fourth-order valence-electron chi connectivity index (χ4n) is 9.01. The van der Waals surface area contributed by atoms with E-state index in [0.717, 1.165) is 21.4 Å². The first-order valence-corrected chi connectivity index (χ1v) is 25.9. The summed E-state index contributed by atoms with van der Waals surface area (Å²) >= 11 is 0. The van der Waals surface area contributed by atoms with E-state index in [1.807, 2.05) is 54.6 Å². The Bertz CT molecular complexity index is 2910. The molecule has 404 valence electrons. The van der Waals surface area contributed by atoms with E-state index in [9.17, 15) is 28.8 Å². The van der Waals surface area contributed by atoms with Gasteiger partial charge in [0.2, 0.25) is 35.4 Å². The summed E-state index contributed by atoms with van der Waals surface area (Å²) in [6.07, 6.45) is 1.62. The summed E-state index contributed by atoms with van der Waals surface area (Å²) in [4.78, 5) is 107. The molecule has 77 heavy (non-hydrogen) atoms. The van der Waals surface area contributed by atoms with Crippen LogP contribution in [0.15, 0.2) is 146 Å². The summed E-state index contributed by atoms with van der Waals surface area (Å²) in [6, 6.07) is 33.7. The van der Waals surface area contributed by atoms with Crippen molar-refractivity contribution in [2.24, 2.45) is 11.5 Å². The molecule has 19 nitrogen and oxygen atoms in total. The maximum atomic E-state index is 15.1. The van der Waals surface area contributed by atoms with E-state index in [4.69, 9.17) is 20.9 Å². The Balaban J connectivity index is 1.29. The van der Waals surface area contributed by atoms with Gasteiger partial charge in [0, 0.05) is 62.9 Å². The van der Waals surface area contributed by atoms with Gasteiger partial charge in [-0.3, -0.25) is 28.8 Å². The monoisotopic (exact) mass is 1050 g/mol. The molecule has 0 bridgehead atoms. The highest BCUT2D eigenvalue weighted by molar-refractivity contribution is 5.99. The van der Waals surface area contributed by atoms with Crippen molar-refractivity contribution < 1.29 is 43.0 Å². The zero-order valence-corrected chi connectivity index (χ0v) is 43.1. The van der Waals surface area contributed by atoms with E-state index < -0.39 is 84.4 Å². The van der Waals surface area contributed by atoms with Gasteiger partial charge in [0.1, 0.15) is 55.2 Å². The molecule has 0 spiro atoms. The van der Waals surface area contributed by atoms with Gasteiger partial charge in [-0.2, -0.15) is 0 Å². The van der Waals surface area contributed by atoms with Gasteiger partial charge in [-0.25, -0.2) is 4.79 Å². The molecule has 1 fully saturated rings. The molecule has 0 saturated carbocycles. The Morgan fingerprint density at radius 1 is 0.545 bits per heavy atom. The highest BCUT2D eigenvalue weighted by atomic mass is 16.5. The lowest BCUT2D eigenvalue weighted by Crippen LogP contribution is -2.63. The number of fused-ring (bicyclic) bond motifs is 1. The first-order valence-electron chi connectivity index (χ1n) is 25.9. The molecular formula is C58H68N10O9. The number of likely N-dealkylation sites (N-methyl/N-ethyl adjacent to an activating group) is 1. The van der Waals surface area contributed by atoms with Crippen LogP contribution < -0.4 is 48.1 Å². The average molecular weight is 1050 g/mol.